The summed E-state index contributed by atoms with van der Waals surface area (Å²) in [5, 5.41) is 2.99. The van der Waals surface area contributed by atoms with Gasteiger partial charge >= 0.3 is 0 Å². The van der Waals surface area contributed by atoms with Gasteiger partial charge in [0.15, 0.2) is 0 Å². The number of sulfonamides is 1. The van der Waals surface area contributed by atoms with Crippen LogP contribution in [-0.2, 0) is 23.1 Å². The first-order valence-corrected chi connectivity index (χ1v) is 14.1. The second-order valence-electron chi connectivity index (χ2n) is 9.64. The molecular formula is C27H37N3O4S. The van der Waals surface area contributed by atoms with Crippen LogP contribution >= 0.6 is 0 Å². The van der Waals surface area contributed by atoms with Crippen LogP contribution < -0.4 is 10.1 Å². The Morgan fingerprint density at radius 3 is 2.40 bits per heavy atom. The Morgan fingerprint density at radius 2 is 1.71 bits per heavy atom. The Hall–Kier alpha value is -2.42. The van der Waals surface area contributed by atoms with E-state index in [2.05, 4.69) is 23.3 Å². The molecule has 2 aromatic carbocycles. The molecule has 1 N–H and O–H groups in total. The lowest BCUT2D eigenvalue weighted by atomic mass is 9.94. The molecule has 35 heavy (non-hydrogen) atoms. The zero-order chi connectivity index (χ0) is 24.8. The monoisotopic (exact) mass is 499 g/mol. The number of carbonyl (C=O) groups is 1. The van der Waals surface area contributed by atoms with Crippen LogP contribution in [0.5, 0.6) is 5.75 Å². The van der Waals surface area contributed by atoms with Crippen LogP contribution in [0.3, 0.4) is 0 Å². The van der Waals surface area contributed by atoms with Crippen LogP contribution in [0.15, 0.2) is 47.4 Å². The molecule has 8 heteroatoms. The lowest BCUT2D eigenvalue weighted by Crippen LogP contribution is -2.33. The molecule has 2 aliphatic rings. The lowest BCUT2D eigenvalue weighted by Gasteiger charge is -2.31. The average Bonchev–Trinajstić information content (AvgIpc) is 3.44. The van der Waals surface area contributed by atoms with Gasteiger partial charge in [-0.25, -0.2) is 8.42 Å². The number of methoxy groups -OCH3 is 1. The Morgan fingerprint density at radius 1 is 1.03 bits per heavy atom. The molecule has 0 unspecified atom stereocenters. The minimum absolute atomic E-state index is 0.0454. The van der Waals surface area contributed by atoms with Crippen molar-refractivity contribution in [2.24, 2.45) is 0 Å². The molecule has 190 valence electrons. The fourth-order valence-corrected chi connectivity index (χ4v) is 6.87. The van der Waals surface area contributed by atoms with Crippen molar-refractivity contribution < 1.29 is 17.9 Å². The highest BCUT2D eigenvalue weighted by Crippen LogP contribution is 2.30. The van der Waals surface area contributed by atoms with Crippen LogP contribution in [0.4, 0.5) is 0 Å². The maximum Gasteiger partial charge on any atom is 0.251 e. The summed E-state index contributed by atoms with van der Waals surface area (Å²) in [6.07, 6.45) is 8.10. The molecule has 0 bridgehead atoms. The summed E-state index contributed by atoms with van der Waals surface area (Å²) < 4.78 is 33.1. The predicted molar refractivity (Wildman–Crippen MR) is 137 cm³/mol. The van der Waals surface area contributed by atoms with Crippen molar-refractivity contribution >= 4 is 15.9 Å². The van der Waals surface area contributed by atoms with E-state index in [1.54, 1.807) is 12.1 Å². The van der Waals surface area contributed by atoms with Gasteiger partial charge in [0.1, 0.15) is 10.6 Å². The summed E-state index contributed by atoms with van der Waals surface area (Å²) in [5.74, 6) is -0.0505. The molecule has 0 radical (unpaired) electrons. The molecule has 0 spiro atoms. The zero-order valence-corrected chi connectivity index (χ0v) is 21.6. The van der Waals surface area contributed by atoms with Crippen LogP contribution in [0, 0.1) is 0 Å². The Kier molecular flexibility index (Phi) is 8.46. The van der Waals surface area contributed by atoms with Crippen molar-refractivity contribution in [3.8, 4) is 5.75 Å². The second kappa shape index (κ2) is 11.5. The topological polar surface area (TPSA) is 79.0 Å². The molecule has 2 aromatic rings. The number of ether oxygens (including phenoxy) is 1. The van der Waals surface area contributed by atoms with Gasteiger partial charge in [0.25, 0.3) is 5.91 Å². The van der Waals surface area contributed by atoms with Crippen LogP contribution in [0.25, 0.3) is 0 Å². The van der Waals surface area contributed by atoms with Crippen molar-refractivity contribution in [3.63, 3.8) is 0 Å². The fourth-order valence-electron chi connectivity index (χ4n) is 5.17. The smallest absolute Gasteiger partial charge is 0.251 e. The van der Waals surface area contributed by atoms with E-state index in [9.17, 15) is 13.2 Å². The van der Waals surface area contributed by atoms with Gasteiger partial charge in [-0.3, -0.25) is 9.69 Å². The summed E-state index contributed by atoms with van der Waals surface area (Å²) >= 11 is 0. The van der Waals surface area contributed by atoms with E-state index < -0.39 is 10.0 Å². The van der Waals surface area contributed by atoms with Gasteiger partial charge in [-0.1, -0.05) is 43.5 Å². The normalized spacial score (nSPS) is 17.6. The summed E-state index contributed by atoms with van der Waals surface area (Å²) in [5.41, 5.74) is 2.58. The van der Waals surface area contributed by atoms with Gasteiger partial charge in [-0.05, 0) is 62.1 Å². The number of rotatable bonds is 9. The van der Waals surface area contributed by atoms with Crippen molar-refractivity contribution in [2.45, 2.75) is 69.0 Å². The van der Waals surface area contributed by atoms with Crippen molar-refractivity contribution in [1.82, 2.24) is 14.5 Å². The van der Waals surface area contributed by atoms with Gasteiger partial charge in [-0.15, -0.1) is 0 Å². The minimum atomic E-state index is -3.71. The van der Waals surface area contributed by atoms with E-state index in [1.165, 1.54) is 55.1 Å². The highest BCUT2D eigenvalue weighted by atomic mass is 32.2. The summed E-state index contributed by atoms with van der Waals surface area (Å²) in [6, 6.07) is 13.4. The zero-order valence-electron chi connectivity index (χ0n) is 20.8. The first kappa shape index (κ1) is 25.7. The summed E-state index contributed by atoms with van der Waals surface area (Å²) in [7, 11) is -0.0834. The third-order valence-electron chi connectivity index (χ3n) is 7.28. The van der Waals surface area contributed by atoms with Crippen molar-refractivity contribution in [2.75, 3.05) is 27.2 Å². The second-order valence-corrected chi connectivity index (χ2v) is 11.5. The van der Waals surface area contributed by atoms with E-state index in [0.29, 0.717) is 31.2 Å². The SMILES string of the molecule is COc1ccc(C(=O)NCc2ccccc2CN(C)C2CCCCC2)cc1S(=O)(=O)N1CCCC1. The van der Waals surface area contributed by atoms with E-state index in [-0.39, 0.29) is 16.6 Å². The quantitative estimate of drug-likeness (QED) is 0.560. The molecule has 1 aliphatic carbocycles. The van der Waals surface area contributed by atoms with E-state index in [1.807, 2.05) is 18.2 Å². The maximum absolute atomic E-state index is 13.2. The fraction of sp³-hybridized carbons (Fsp3) is 0.519. The molecule has 1 amide bonds. The van der Waals surface area contributed by atoms with Gasteiger partial charge in [-0.2, -0.15) is 4.31 Å². The summed E-state index contributed by atoms with van der Waals surface area (Å²) in [6.45, 7) is 2.22. The van der Waals surface area contributed by atoms with Crippen LogP contribution in [-0.4, -0.2) is 56.8 Å². The molecule has 1 heterocycles. The van der Waals surface area contributed by atoms with E-state index >= 15 is 0 Å². The number of carbonyl (C=O) groups excluding carboxylic acids is 1. The predicted octanol–water partition coefficient (Wildman–Crippen LogP) is 4.17. The third kappa shape index (κ3) is 6.05. The largest absolute Gasteiger partial charge is 0.495 e. The highest BCUT2D eigenvalue weighted by molar-refractivity contribution is 7.89. The number of hydrogen-bond donors (Lipinski definition) is 1. The highest BCUT2D eigenvalue weighted by Gasteiger charge is 2.30. The Balaban J connectivity index is 1.46. The molecule has 0 atom stereocenters. The van der Waals surface area contributed by atoms with Gasteiger partial charge in [0.05, 0.1) is 7.11 Å². The van der Waals surface area contributed by atoms with Crippen LogP contribution in [0.1, 0.15) is 66.4 Å². The molecule has 7 nitrogen and oxygen atoms in total. The molecule has 0 aromatic heterocycles. The molecular weight excluding hydrogens is 462 g/mol. The lowest BCUT2D eigenvalue weighted by molar-refractivity contribution is 0.0950. The van der Waals surface area contributed by atoms with Crippen molar-refractivity contribution in [3.05, 3.63) is 59.2 Å². The number of nitrogens with one attached hydrogen (secondary N) is 1. The van der Waals surface area contributed by atoms with Crippen molar-refractivity contribution in [1.29, 1.82) is 0 Å². The molecule has 2 fully saturated rings. The minimum Gasteiger partial charge on any atom is -0.495 e. The number of amides is 1. The Labute approximate surface area is 209 Å². The molecule has 4 rings (SSSR count). The first-order chi connectivity index (χ1) is 16.9. The van der Waals surface area contributed by atoms with Crippen LogP contribution in [0.2, 0.25) is 0 Å². The third-order valence-corrected chi connectivity index (χ3v) is 9.20. The van der Waals surface area contributed by atoms with E-state index in [0.717, 1.165) is 24.9 Å². The maximum atomic E-state index is 13.2. The molecule has 1 aliphatic heterocycles. The molecule has 1 saturated carbocycles. The number of hydrogen-bond acceptors (Lipinski definition) is 5. The van der Waals surface area contributed by atoms with Gasteiger partial charge < -0.3 is 10.1 Å². The first-order valence-electron chi connectivity index (χ1n) is 12.6. The van der Waals surface area contributed by atoms with Gasteiger partial charge in [0.2, 0.25) is 10.0 Å². The van der Waals surface area contributed by atoms with E-state index in [4.69, 9.17) is 4.74 Å². The number of nitrogens with zero attached hydrogens (tertiary/aromatic N) is 2. The number of benzene rings is 2. The molecule has 1 saturated heterocycles. The average molecular weight is 500 g/mol. The standard InChI is InChI=1S/C27H37N3O4S/c1-29(24-12-4-3-5-13-24)20-23-11-7-6-10-22(23)19-28-27(31)21-14-15-25(34-2)26(18-21)35(32,33)30-16-8-9-17-30/h6-7,10-11,14-15,18,24H,3-5,8-9,12-13,16-17,19-20H2,1-2H3,(H,28,31). The Bertz CT molecular complexity index is 1120. The summed E-state index contributed by atoms with van der Waals surface area (Å²) in [4.78, 5) is 15.5. The van der Waals surface area contributed by atoms with Gasteiger partial charge in [0, 0.05) is 37.8 Å².